The van der Waals surface area contributed by atoms with Gasteiger partial charge in [-0.15, -0.1) is 0 Å². The van der Waals surface area contributed by atoms with E-state index in [0.29, 0.717) is 16.4 Å². The van der Waals surface area contributed by atoms with E-state index < -0.39 is 0 Å². The lowest BCUT2D eigenvalue weighted by molar-refractivity contribution is 0.415. The first kappa shape index (κ1) is 15.9. The Morgan fingerprint density at radius 1 is 1.14 bits per heavy atom. The minimum absolute atomic E-state index is 0.320. The van der Waals surface area contributed by atoms with Crippen LogP contribution < -0.4 is 15.5 Å². The highest BCUT2D eigenvalue weighted by atomic mass is 32.1. The first-order valence-corrected chi connectivity index (χ1v) is 7.01. The van der Waals surface area contributed by atoms with Crippen molar-refractivity contribution in [3.63, 3.8) is 0 Å². The number of hydrogen-bond donors (Lipinski definition) is 2. The maximum atomic E-state index is 13.6. The van der Waals surface area contributed by atoms with E-state index in [4.69, 9.17) is 17.0 Å². The molecule has 0 aliphatic heterocycles. The average molecular weight is 317 g/mol. The highest BCUT2D eigenvalue weighted by Crippen LogP contribution is 2.14. The second kappa shape index (κ2) is 7.51. The molecule has 0 saturated heterocycles. The maximum absolute atomic E-state index is 13.6. The van der Waals surface area contributed by atoms with Crippen molar-refractivity contribution in [1.29, 1.82) is 0 Å². The molecular weight excluding hydrogens is 301 g/mol. The Morgan fingerprint density at radius 3 is 2.45 bits per heavy atom. The molecule has 0 amide bonds. The van der Waals surface area contributed by atoms with Crippen LogP contribution in [0.1, 0.15) is 12.5 Å². The molecule has 0 aliphatic rings. The van der Waals surface area contributed by atoms with Gasteiger partial charge in [-0.25, -0.2) is 4.39 Å². The molecule has 22 heavy (non-hydrogen) atoms. The van der Waals surface area contributed by atoms with Crippen LogP contribution in [-0.2, 0) is 0 Å². The summed E-state index contributed by atoms with van der Waals surface area (Å²) in [5, 5.41) is 7.38. The van der Waals surface area contributed by atoms with Gasteiger partial charge in [0.05, 0.1) is 12.8 Å². The standard InChI is InChI=1S/C16H16FN3OS/c1-11(14-5-3-4-6-15(14)17)19-20-16(22)18-12-7-9-13(21-2)10-8-12/h3-10H,1-2H3,(H2,18,20,22)/b19-11-. The lowest BCUT2D eigenvalue weighted by Crippen LogP contribution is -2.25. The molecule has 2 rings (SSSR count). The largest absolute Gasteiger partial charge is 0.497 e. The molecule has 0 unspecified atom stereocenters. The van der Waals surface area contributed by atoms with Crippen molar-refractivity contribution < 1.29 is 9.13 Å². The van der Waals surface area contributed by atoms with Gasteiger partial charge in [0.15, 0.2) is 5.11 Å². The van der Waals surface area contributed by atoms with Crippen LogP contribution in [0.2, 0.25) is 0 Å². The molecule has 0 heterocycles. The zero-order chi connectivity index (χ0) is 15.9. The van der Waals surface area contributed by atoms with Crippen LogP contribution >= 0.6 is 12.2 Å². The molecule has 0 aliphatic carbocycles. The van der Waals surface area contributed by atoms with Crippen LogP contribution in [0.15, 0.2) is 53.6 Å². The minimum atomic E-state index is -0.320. The summed E-state index contributed by atoms with van der Waals surface area (Å²) >= 11 is 5.14. The molecule has 0 radical (unpaired) electrons. The number of hydrogen-bond acceptors (Lipinski definition) is 3. The number of benzene rings is 2. The molecule has 2 aromatic carbocycles. The van der Waals surface area contributed by atoms with Gasteiger partial charge in [0, 0.05) is 11.3 Å². The van der Waals surface area contributed by atoms with Gasteiger partial charge in [0.1, 0.15) is 11.6 Å². The monoisotopic (exact) mass is 317 g/mol. The molecule has 0 spiro atoms. The number of ether oxygens (including phenoxy) is 1. The molecule has 0 saturated carbocycles. The third-order valence-corrected chi connectivity index (χ3v) is 3.13. The van der Waals surface area contributed by atoms with Crippen LogP contribution in [0.4, 0.5) is 10.1 Å². The molecule has 2 aromatic rings. The summed E-state index contributed by atoms with van der Waals surface area (Å²) in [4.78, 5) is 0. The van der Waals surface area contributed by atoms with Crippen molar-refractivity contribution in [2.45, 2.75) is 6.92 Å². The third-order valence-electron chi connectivity index (χ3n) is 2.94. The summed E-state index contributed by atoms with van der Waals surface area (Å²) in [6, 6.07) is 13.7. The molecule has 6 heteroatoms. The van der Waals surface area contributed by atoms with Crippen molar-refractivity contribution in [3.8, 4) is 5.75 Å². The Kier molecular flexibility index (Phi) is 5.43. The normalized spacial score (nSPS) is 11.0. The molecule has 0 fully saturated rings. The fourth-order valence-corrected chi connectivity index (χ4v) is 1.95. The van der Waals surface area contributed by atoms with E-state index in [0.717, 1.165) is 11.4 Å². The molecular formula is C16H16FN3OS. The fourth-order valence-electron chi connectivity index (χ4n) is 1.78. The summed E-state index contributed by atoms with van der Waals surface area (Å²) in [7, 11) is 1.61. The number of anilines is 1. The van der Waals surface area contributed by atoms with Gasteiger partial charge in [-0.2, -0.15) is 5.10 Å². The second-order valence-electron chi connectivity index (χ2n) is 4.47. The maximum Gasteiger partial charge on any atom is 0.191 e. The Morgan fingerprint density at radius 2 is 1.82 bits per heavy atom. The van der Waals surface area contributed by atoms with Crippen LogP contribution in [0, 0.1) is 5.82 Å². The fraction of sp³-hybridized carbons (Fsp3) is 0.125. The lowest BCUT2D eigenvalue weighted by atomic mass is 10.1. The summed E-state index contributed by atoms with van der Waals surface area (Å²) in [5.41, 5.74) is 4.44. The van der Waals surface area contributed by atoms with Crippen molar-refractivity contribution in [2.75, 3.05) is 12.4 Å². The number of halogens is 1. The van der Waals surface area contributed by atoms with E-state index in [9.17, 15) is 4.39 Å². The van der Waals surface area contributed by atoms with E-state index in [1.165, 1.54) is 6.07 Å². The Bertz CT molecular complexity index is 686. The highest BCUT2D eigenvalue weighted by Gasteiger charge is 2.04. The number of methoxy groups -OCH3 is 1. The van der Waals surface area contributed by atoms with E-state index >= 15 is 0 Å². The van der Waals surface area contributed by atoms with Crippen LogP contribution in [0.25, 0.3) is 0 Å². The number of thiocarbonyl (C=S) groups is 1. The molecule has 2 N–H and O–H groups in total. The van der Waals surface area contributed by atoms with Crippen molar-refractivity contribution in [3.05, 3.63) is 59.9 Å². The van der Waals surface area contributed by atoms with Gasteiger partial charge in [-0.05, 0) is 49.5 Å². The molecule has 0 atom stereocenters. The van der Waals surface area contributed by atoms with Gasteiger partial charge in [0.25, 0.3) is 0 Å². The predicted octanol–water partition coefficient (Wildman–Crippen LogP) is 3.54. The summed E-state index contributed by atoms with van der Waals surface area (Å²) in [6.45, 7) is 1.71. The SMILES string of the molecule is COc1ccc(NC(=S)N/N=C(/C)c2ccccc2F)cc1. The van der Waals surface area contributed by atoms with Crippen LogP contribution in [0.5, 0.6) is 5.75 Å². The average Bonchev–Trinajstić information content (AvgIpc) is 2.54. The number of rotatable bonds is 4. The quantitative estimate of drug-likeness (QED) is 0.514. The van der Waals surface area contributed by atoms with Crippen LogP contribution in [-0.4, -0.2) is 17.9 Å². The molecule has 114 valence electrons. The third kappa shape index (κ3) is 4.26. The zero-order valence-corrected chi connectivity index (χ0v) is 13.1. The summed E-state index contributed by atoms with van der Waals surface area (Å²) in [6.07, 6.45) is 0. The first-order valence-electron chi connectivity index (χ1n) is 6.60. The Balaban J connectivity index is 1.97. The van der Waals surface area contributed by atoms with Gasteiger partial charge in [-0.3, -0.25) is 5.43 Å². The van der Waals surface area contributed by atoms with E-state index in [-0.39, 0.29) is 5.82 Å². The van der Waals surface area contributed by atoms with Gasteiger partial charge < -0.3 is 10.1 Å². The Labute approximate surface area is 134 Å². The first-order chi connectivity index (χ1) is 10.6. The zero-order valence-electron chi connectivity index (χ0n) is 12.3. The molecule has 4 nitrogen and oxygen atoms in total. The molecule has 0 bridgehead atoms. The van der Waals surface area contributed by atoms with E-state index in [2.05, 4.69) is 15.8 Å². The van der Waals surface area contributed by atoms with E-state index in [1.54, 1.807) is 32.2 Å². The number of hydrazone groups is 1. The number of nitrogens with one attached hydrogen (secondary N) is 2. The highest BCUT2D eigenvalue weighted by molar-refractivity contribution is 7.80. The number of nitrogens with zero attached hydrogens (tertiary/aromatic N) is 1. The summed E-state index contributed by atoms with van der Waals surface area (Å²) < 4.78 is 18.7. The lowest BCUT2D eigenvalue weighted by Gasteiger charge is -2.09. The van der Waals surface area contributed by atoms with Crippen LogP contribution in [0.3, 0.4) is 0 Å². The van der Waals surface area contributed by atoms with Crippen molar-refractivity contribution in [2.24, 2.45) is 5.10 Å². The van der Waals surface area contributed by atoms with Crippen molar-refractivity contribution in [1.82, 2.24) is 5.43 Å². The second-order valence-corrected chi connectivity index (χ2v) is 4.88. The van der Waals surface area contributed by atoms with Crippen molar-refractivity contribution >= 4 is 28.7 Å². The molecule has 0 aromatic heterocycles. The Hall–Kier alpha value is -2.47. The summed E-state index contributed by atoms with van der Waals surface area (Å²) in [5.74, 6) is 0.442. The van der Waals surface area contributed by atoms with Gasteiger partial charge in [-0.1, -0.05) is 18.2 Å². The van der Waals surface area contributed by atoms with Gasteiger partial charge in [0.2, 0.25) is 0 Å². The van der Waals surface area contributed by atoms with E-state index in [1.807, 2.05) is 24.3 Å². The minimum Gasteiger partial charge on any atom is -0.497 e. The predicted molar refractivity (Wildman–Crippen MR) is 91.0 cm³/mol. The van der Waals surface area contributed by atoms with Gasteiger partial charge >= 0.3 is 0 Å². The topological polar surface area (TPSA) is 45.6 Å². The smallest absolute Gasteiger partial charge is 0.191 e.